The summed E-state index contributed by atoms with van der Waals surface area (Å²) < 4.78 is 1.10. The zero-order chi connectivity index (χ0) is 20.3. The summed E-state index contributed by atoms with van der Waals surface area (Å²) in [5, 5.41) is 1.34. The van der Waals surface area contributed by atoms with Crippen molar-refractivity contribution in [1.82, 2.24) is 9.88 Å². The van der Waals surface area contributed by atoms with Gasteiger partial charge in [0.1, 0.15) is 0 Å². The number of likely N-dealkylation sites (N-methyl/N-ethyl adjacent to an activating group) is 1. The molecule has 0 radical (unpaired) electrons. The first kappa shape index (κ1) is 20.5. The molecule has 0 unspecified atom stereocenters. The van der Waals surface area contributed by atoms with Crippen LogP contribution in [0.5, 0.6) is 0 Å². The van der Waals surface area contributed by atoms with Crippen LogP contribution in [0.2, 0.25) is 5.02 Å². The minimum absolute atomic E-state index is 0.102. The standard InChI is InChI=1S/C22H24ClN3OS/c1-15-13-16(2)21-19(14-15)28-22(24-21)26(12-11-25(3)4)20(27)10-9-17-7-5-6-8-18(17)23/h5-10,13-14H,11-12H2,1-4H3/b10-9+. The number of carbonyl (C=O) groups is 1. The molecule has 28 heavy (non-hydrogen) atoms. The molecule has 1 amide bonds. The van der Waals surface area contributed by atoms with Crippen LogP contribution in [0.1, 0.15) is 16.7 Å². The van der Waals surface area contributed by atoms with Crippen LogP contribution in [-0.4, -0.2) is 43.0 Å². The number of amides is 1. The number of carbonyl (C=O) groups excluding carboxylic acids is 1. The normalized spacial score (nSPS) is 11.6. The molecule has 0 aliphatic carbocycles. The van der Waals surface area contributed by atoms with Crippen molar-refractivity contribution in [2.45, 2.75) is 13.8 Å². The van der Waals surface area contributed by atoms with Crippen LogP contribution < -0.4 is 4.90 Å². The Bertz CT molecular complexity index is 1030. The van der Waals surface area contributed by atoms with Gasteiger partial charge in [-0.25, -0.2) is 4.98 Å². The third-order valence-corrected chi connectivity index (χ3v) is 5.77. The lowest BCUT2D eigenvalue weighted by Gasteiger charge is -2.20. The quantitative estimate of drug-likeness (QED) is 0.523. The molecule has 0 N–H and O–H groups in total. The molecule has 2 aromatic carbocycles. The van der Waals surface area contributed by atoms with Crippen molar-refractivity contribution < 1.29 is 4.79 Å². The Hall–Kier alpha value is -2.21. The highest BCUT2D eigenvalue weighted by atomic mass is 35.5. The zero-order valence-electron chi connectivity index (χ0n) is 16.6. The monoisotopic (exact) mass is 413 g/mol. The van der Waals surface area contributed by atoms with Crippen molar-refractivity contribution >= 4 is 50.3 Å². The zero-order valence-corrected chi connectivity index (χ0v) is 18.1. The summed E-state index contributed by atoms with van der Waals surface area (Å²) in [5.41, 5.74) is 4.11. The van der Waals surface area contributed by atoms with Crippen LogP contribution in [0.25, 0.3) is 16.3 Å². The molecule has 0 saturated carbocycles. The Labute approximate surface area is 175 Å². The van der Waals surface area contributed by atoms with E-state index in [9.17, 15) is 4.79 Å². The van der Waals surface area contributed by atoms with Crippen LogP contribution in [0.3, 0.4) is 0 Å². The van der Waals surface area contributed by atoms with Gasteiger partial charge in [-0.15, -0.1) is 0 Å². The van der Waals surface area contributed by atoms with Crippen LogP contribution in [-0.2, 0) is 4.79 Å². The van der Waals surface area contributed by atoms with Gasteiger partial charge in [0.2, 0.25) is 0 Å². The number of nitrogens with zero attached hydrogens (tertiary/aromatic N) is 3. The van der Waals surface area contributed by atoms with E-state index in [1.54, 1.807) is 28.4 Å². The van der Waals surface area contributed by atoms with Crippen LogP contribution in [0, 0.1) is 13.8 Å². The van der Waals surface area contributed by atoms with E-state index >= 15 is 0 Å². The van der Waals surface area contributed by atoms with E-state index in [0.717, 1.165) is 33.0 Å². The smallest absolute Gasteiger partial charge is 0.252 e. The highest BCUT2D eigenvalue weighted by molar-refractivity contribution is 7.22. The van der Waals surface area contributed by atoms with E-state index in [4.69, 9.17) is 16.6 Å². The van der Waals surface area contributed by atoms with E-state index in [2.05, 4.69) is 30.9 Å². The number of aromatic nitrogens is 1. The van der Waals surface area contributed by atoms with Gasteiger partial charge in [-0.3, -0.25) is 9.69 Å². The fourth-order valence-electron chi connectivity index (χ4n) is 2.94. The molecule has 3 rings (SSSR count). The lowest BCUT2D eigenvalue weighted by atomic mass is 10.1. The maximum atomic E-state index is 13.0. The second-order valence-corrected chi connectivity index (χ2v) is 8.49. The molecular formula is C22H24ClN3OS. The molecule has 0 fully saturated rings. The van der Waals surface area contributed by atoms with E-state index in [1.165, 1.54) is 5.56 Å². The Morgan fingerprint density at radius 2 is 1.93 bits per heavy atom. The van der Waals surface area contributed by atoms with Gasteiger partial charge in [0.15, 0.2) is 5.13 Å². The van der Waals surface area contributed by atoms with Gasteiger partial charge < -0.3 is 4.90 Å². The second kappa shape index (κ2) is 8.86. The minimum Gasteiger partial charge on any atom is -0.308 e. The molecule has 6 heteroatoms. The molecule has 0 aliphatic rings. The van der Waals surface area contributed by atoms with Crippen LogP contribution in [0.4, 0.5) is 5.13 Å². The predicted octanol–water partition coefficient (Wildman–Crippen LogP) is 5.17. The molecule has 4 nitrogen and oxygen atoms in total. The van der Waals surface area contributed by atoms with Crippen molar-refractivity contribution in [1.29, 1.82) is 0 Å². The summed E-state index contributed by atoms with van der Waals surface area (Å²) in [6, 6.07) is 11.7. The minimum atomic E-state index is -0.102. The molecule has 1 heterocycles. The first-order valence-electron chi connectivity index (χ1n) is 9.12. The van der Waals surface area contributed by atoms with Gasteiger partial charge in [0, 0.05) is 24.2 Å². The number of anilines is 1. The molecule has 146 valence electrons. The highest BCUT2D eigenvalue weighted by Gasteiger charge is 2.19. The molecule has 0 aliphatic heterocycles. The molecule has 0 saturated heterocycles. The van der Waals surface area contributed by atoms with Crippen molar-refractivity contribution in [3.63, 3.8) is 0 Å². The first-order chi connectivity index (χ1) is 13.3. The number of hydrogen-bond donors (Lipinski definition) is 0. The number of rotatable bonds is 6. The summed E-state index contributed by atoms with van der Waals surface area (Å²) >= 11 is 7.75. The van der Waals surface area contributed by atoms with E-state index in [-0.39, 0.29) is 5.91 Å². The molecule has 0 bridgehead atoms. The molecular weight excluding hydrogens is 390 g/mol. The Kier molecular flexibility index (Phi) is 6.50. The summed E-state index contributed by atoms with van der Waals surface area (Å²) in [7, 11) is 3.99. The van der Waals surface area contributed by atoms with Crippen molar-refractivity contribution in [3.8, 4) is 0 Å². The topological polar surface area (TPSA) is 36.4 Å². The summed E-state index contributed by atoms with van der Waals surface area (Å²) in [4.78, 5) is 21.6. The molecule has 0 atom stereocenters. The second-order valence-electron chi connectivity index (χ2n) is 7.07. The van der Waals surface area contributed by atoms with Crippen molar-refractivity contribution in [2.75, 3.05) is 32.1 Å². The summed E-state index contributed by atoms with van der Waals surface area (Å²) in [5.74, 6) is -0.102. The number of aryl methyl sites for hydroxylation is 2. The third kappa shape index (κ3) is 4.79. The summed E-state index contributed by atoms with van der Waals surface area (Å²) in [6.07, 6.45) is 3.33. The number of benzene rings is 2. The Morgan fingerprint density at radius 3 is 2.64 bits per heavy atom. The fraction of sp³-hybridized carbons (Fsp3) is 0.273. The lowest BCUT2D eigenvalue weighted by Crippen LogP contribution is -2.35. The molecule has 0 spiro atoms. The van der Waals surface area contributed by atoms with Gasteiger partial charge in [0.05, 0.1) is 10.2 Å². The van der Waals surface area contributed by atoms with E-state index < -0.39 is 0 Å². The SMILES string of the molecule is Cc1cc(C)c2nc(N(CCN(C)C)C(=O)/C=C/c3ccccc3Cl)sc2c1. The molecule has 3 aromatic rings. The number of fused-ring (bicyclic) bond motifs is 1. The largest absolute Gasteiger partial charge is 0.308 e. The average molecular weight is 414 g/mol. The van der Waals surface area contributed by atoms with Crippen LogP contribution >= 0.6 is 22.9 Å². The Morgan fingerprint density at radius 1 is 1.18 bits per heavy atom. The third-order valence-electron chi connectivity index (χ3n) is 4.40. The van der Waals surface area contributed by atoms with Gasteiger partial charge in [-0.2, -0.15) is 0 Å². The molecule has 1 aromatic heterocycles. The van der Waals surface area contributed by atoms with Gasteiger partial charge in [-0.1, -0.05) is 47.2 Å². The lowest BCUT2D eigenvalue weighted by molar-refractivity contribution is -0.114. The highest BCUT2D eigenvalue weighted by Crippen LogP contribution is 2.32. The number of thiazole rings is 1. The van der Waals surface area contributed by atoms with Gasteiger partial charge in [-0.05, 0) is 62.8 Å². The van der Waals surface area contributed by atoms with Gasteiger partial charge >= 0.3 is 0 Å². The average Bonchev–Trinajstić information content (AvgIpc) is 3.05. The number of hydrogen-bond acceptors (Lipinski definition) is 4. The van der Waals surface area contributed by atoms with Gasteiger partial charge in [0.25, 0.3) is 5.91 Å². The van der Waals surface area contributed by atoms with E-state index in [1.807, 2.05) is 38.4 Å². The maximum Gasteiger partial charge on any atom is 0.252 e. The maximum absolute atomic E-state index is 13.0. The predicted molar refractivity (Wildman–Crippen MR) is 120 cm³/mol. The van der Waals surface area contributed by atoms with Crippen molar-refractivity contribution in [2.24, 2.45) is 0 Å². The fourth-order valence-corrected chi connectivity index (χ4v) is 4.31. The number of halogens is 1. The van der Waals surface area contributed by atoms with Crippen LogP contribution in [0.15, 0.2) is 42.5 Å². The van der Waals surface area contributed by atoms with E-state index in [0.29, 0.717) is 11.6 Å². The first-order valence-corrected chi connectivity index (χ1v) is 10.3. The summed E-state index contributed by atoms with van der Waals surface area (Å²) in [6.45, 7) is 5.45. The van der Waals surface area contributed by atoms with Crippen molar-refractivity contribution in [3.05, 3.63) is 64.2 Å². The Balaban J connectivity index is 1.93.